The van der Waals surface area contributed by atoms with E-state index in [4.69, 9.17) is 5.11 Å². The number of carboxylic acid groups (broad SMARTS) is 1. The van der Waals surface area contributed by atoms with E-state index in [-0.39, 0.29) is 0 Å². The Labute approximate surface area is 71.8 Å². The van der Waals surface area contributed by atoms with Crippen molar-refractivity contribution >= 4 is 5.97 Å². The fourth-order valence-corrected chi connectivity index (χ4v) is 0.889. The lowest BCUT2D eigenvalue weighted by molar-refractivity contribution is -0.137. The Morgan fingerprint density at radius 1 is 1.42 bits per heavy atom. The van der Waals surface area contributed by atoms with Gasteiger partial charge in [-0.2, -0.15) is 0 Å². The van der Waals surface area contributed by atoms with Gasteiger partial charge in [0.15, 0.2) is 0 Å². The van der Waals surface area contributed by atoms with E-state index in [0.29, 0.717) is 6.42 Å². The Bertz CT molecular complexity index is 262. The second kappa shape index (κ2) is 3.90. The Morgan fingerprint density at radius 3 is 2.08 bits per heavy atom. The third-order valence-electron chi connectivity index (χ3n) is 1.58. The van der Waals surface area contributed by atoms with E-state index >= 15 is 0 Å². The second-order valence-corrected chi connectivity index (χ2v) is 2.72. The molecule has 1 N–H and O–H groups in total. The third-order valence-corrected chi connectivity index (χ3v) is 1.58. The molecule has 2 aliphatic rings. The summed E-state index contributed by atoms with van der Waals surface area (Å²) >= 11 is 0. The minimum absolute atomic E-state index is 0.292. The Kier molecular flexibility index (Phi) is 2.86. The minimum Gasteiger partial charge on any atom is -0.481 e. The molecular formula is C10H12O2. The van der Waals surface area contributed by atoms with Crippen LogP contribution in [0.15, 0.2) is 24.3 Å². The first-order valence-electron chi connectivity index (χ1n) is 4.06. The first-order chi connectivity index (χ1) is 5.74. The van der Waals surface area contributed by atoms with Crippen molar-refractivity contribution in [1.82, 2.24) is 0 Å². The van der Waals surface area contributed by atoms with Crippen LogP contribution in [-0.2, 0) is 4.79 Å². The summed E-state index contributed by atoms with van der Waals surface area (Å²) in [6.07, 6.45) is 1.02. The molecule has 12 heavy (non-hydrogen) atoms. The van der Waals surface area contributed by atoms with Crippen molar-refractivity contribution in [3.8, 4) is 11.1 Å². The highest BCUT2D eigenvalue weighted by Gasteiger charge is 2.06. The summed E-state index contributed by atoms with van der Waals surface area (Å²) in [4.78, 5) is 9.60. The Morgan fingerprint density at radius 2 is 2.00 bits per heavy atom. The molecule has 2 aliphatic carbocycles. The molecule has 0 spiro atoms. The van der Waals surface area contributed by atoms with Crippen molar-refractivity contribution in [1.29, 1.82) is 0 Å². The topological polar surface area (TPSA) is 37.3 Å². The highest BCUT2D eigenvalue weighted by molar-refractivity contribution is 5.80. The number of carbonyl (C=O) groups is 1. The fourth-order valence-electron chi connectivity index (χ4n) is 0.889. The van der Waals surface area contributed by atoms with Crippen LogP contribution in [-0.4, -0.2) is 11.1 Å². The predicted molar refractivity (Wildman–Crippen MR) is 48.0 cm³/mol. The molecule has 2 rings (SSSR count). The molecule has 0 aromatic heterocycles. The van der Waals surface area contributed by atoms with Crippen LogP contribution in [0.1, 0.15) is 19.8 Å². The zero-order valence-electron chi connectivity index (χ0n) is 7.08. The molecule has 0 unspecified atom stereocenters. The van der Waals surface area contributed by atoms with Gasteiger partial charge in [-0.15, -0.1) is 0 Å². The van der Waals surface area contributed by atoms with Gasteiger partial charge >= 0.3 is 5.97 Å². The number of benzene rings is 1. The zero-order chi connectivity index (χ0) is 8.97. The zero-order valence-corrected chi connectivity index (χ0v) is 7.08. The number of rotatable bonds is 2. The minimum atomic E-state index is -0.711. The first kappa shape index (κ1) is 8.78. The van der Waals surface area contributed by atoms with Crippen molar-refractivity contribution in [3.05, 3.63) is 24.3 Å². The van der Waals surface area contributed by atoms with Crippen molar-refractivity contribution in [2.24, 2.45) is 0 Å². The summed E-state index contributed by atoms with van der Waals surface area (Å²) in [5.74, 6) is -0.711. The van der Waals surface area contributed by atoms with E-state index in [1.807, 2.05) is 6.92 Å². The van der Waals surface area contributed by atoms with Gasteiger partial charge in [-0.1, -0.05) is 25.1 Å². The highest BCUT2D eigenvalue weighted by Crippen LogP contribution is 2.32. The maximum Gasteiger partial charge on any atom is 0.303 e. The molecule has 64 valence electrons. The molecule has 0 saturated carbocycles. The molecule has 0 atom stereocenters. The monoisotopic (exact) mass is 164 g/mol. The Balaban J connectivity index is 0.000000120. The van der Waals surface area contributed by atoms with E-state index in [9.17, 15) is 4.79 Å². The van der Waals surface area contributed by atoms with Gasteiger partial charge in [-0.3, -0.25) is 4.79 Å². The van der Waals surface area contributed by atoms with Gasteiger partial charge in [0.2, 0.25) is 0 Å². The average Bonchev–Trinajstić information content (AvgIpc) is 2.60. The van der Waals surface area contributed by atoms with Gasteiger partial charge in [-0.05, 0) is 23.6 Å². The Hall–Kier alpha value is -1.31. The van der Waals surface area contributed by atoms with Crippen molar-refractivity contribution < 1.29 is 9.90 Å². The van der Waals surface area contributed by atoms with Crippen LogP contribution in [0.4, 0.5) is 0 Å². The highest BCUT2D eigenvalue weighted by atomic mass is 16.4. The maximum atomic E-state index is 9.60. The molecule has 2 nitrogen and oxygen atoms in total. The molecule has 2 heteroatoms. The van der Waals surface area contributed by atoms with Crippen LogP contribution in [0.2, 0.25) is 0 Å². The smallest absolute Gasteiger partial charge is 0.303 e. The number of carboxylic acids is 1. The van der Waals surface area contributed by atoms with Gasteiger partial charge in [0, 0.05) is 6.42 Å². The fraction of sp³-hybridized carbons (Fsp3) is 0.300. The molecule has 0 aromatic rings. The predicted octanol–water partition coefficient (Wildman–Crippen LogP) is 2.54. The largest absolute Gasteiger partial charge is 0.481 e. The van der Waals surface area contributed by atoms with Crippen molar-refractivity contribution in [2.75, 3.05) is 0 Å². The average molecular weight is 164 g/mol. The lowest BCUT2D eigenvalue weighted by Gasteiger charge is -1.79. The standard InChI is InChI=1S/C6H4.C4H8O2/c1-2-5-4-6(5)3-1;1-2-3-4(5)6/h1-4H;2-3H2,1H3,(H,5,6). The van der Waals surface area contributed by atoms with Crippen LogP contribution >= 0.6 is 0 Å². The SMILES string of the molecule is CCCC(=O)O.c1cc2cc-2c1. The summed E-state index contributed by atoms with van der Waals surface area (Å²) in [6, 6.07) is 8.48. The third kappa shape index (κ3) is 2.74. The number of hydrogen-bond donors (Lipinski definition) is 1. The van der Waals surface area contributed by atoms with Crippen LogP contribution < -0.4 is 0 Å². The van der Waals surface area contributed by atoms with E-state index in [1.165, 1.54) is 11.1 Å². The molecule has 0 amide bonds. The molecule has 0 aliphatic heterocycles. The van der Waals surface area contributed by atoms with Gasteiger partial charge in [0.1, 0.15) is 0 Å². The van der Waals surface area contributed by atoms with Crippen LogP contribution in [0, 0.1) is 0 Å². The van der Waals surface area contributed by atoms with E-state index < -0.39 is 5.97 Å². The second-order valence-electron chi connectivity index (χ2n) is 2.72. The number of fused-ring (bicyclic) bond motifs is 1. The summed E-state index contributed by atoms with van der Waals surface area (Å²) in [5.41, 5.74) is 2.85. The molecule has 0 fully saturated rings. The molecule has 0 saturated heterocycles. The maximum absolute atomic E-state index is 9.60. The van der Waals surface area contributed by atoms with Crippen molar-refractivity contribution in [3.63, 3.8) is 0 Å². The van der Waals surface area contributed by atoms with E-state index in [1.54, 1.807) is 0 Å². The summed E-state index contributed by atoms with van der Waals surface area (Å²) in [7, 11) is 0. The molecule has 0 heterocycles. The summed E-state index contributed by atoms with van der Waals surface area (Å²) < 4.78 is 0. The first-order valence-corrected chi connectivity index (χ1v) is 4.06. The molecule has 0 radical (unpaired) electrons. The molecule has 0 bridgehead atoms. The quantitative estimate of drug-likeness (QED) is 0.740. The van der Waals surface area contributed by atoms with Crippen LogP contribution in [0.3, 0.4) is 0 Å². The van der Waals surface area contributed by atoms with Crippen LogP contribution in [0.5, 0.6) is 0 Å². The van der Waals surface area contributed by atoms with Gasteiger partial charge in [-0.25, -0.2) is 0 Å². The van der Waals surface area contributed by atoms with Gasteiger partial charge < -0.3 is 5.11 Å². The normalized spacial score (nSPS) is 9.75. The van der Waals surface area contributed by atoms with Gasteiger partial charge in [0.25, 0.3) is 0 Å². The molecule has 0 aromatic carbocycles. The number of aliphatic carboxylic acids is 1. The van der Waals surface area contributed by atoms with E-state index in [2.05, 4.69) is 24.3 Å². The lowest BCUT2D eigenvalue weighted by Crippen LogP contribution is -1.90. The van der Waals surface area contributed by atoms with Crippen LogP contribution in [0.25, 0.3) is 11.1 Å². The van der Waals surface area contributed by atoms with Crippen molar-refractivity contribution in [2.45, 2.75) is 19.8 Å². The van der Waals surface area contributed by atoms with Gasteiger partial charge in [0.05, 0.1) is 0 Å². The molecular weight excluding hydrogens is 152 g/mol. The van der Waals surface area contributed by atoms with E-state index in [0.717, 1.165) is 6.42 Å². The summed E-state index contributed by atoms with van der Waals surface area (Å²) in [5, 5.41) is 7.91. The summed E-state index contributed by atoms with van der Waals surface area (Å²) in [6.45, 7) is 1.84. The number of hydrogen-bond acceptors (Lipinski definition) is 1. The lowest BCUT2D eigenvalue weighted by atomic mass is 10.4.